The van der Waals surface area contributed by atoms with E-state index in [0.29, 0.717) is 28.7 Å². The normalized spacial score (nSPS) is 19.4. The molecule has 1 saturated heterocycles. The topological polar surface area (TPSA) is 69.6 Å². The van der Waals surface area contributed by atoms with Crippen molar-refractivity contribution in [2.24, 2.45) is 5.92 Å². The van der Waals surface area contributed by atoms with Crippen LogP contribution in [0.15, 0.2) is 18.2 Å². The lowest BCUT2D eigenvalue weighted by Crippen LogP contribution is -2.35. The Kier molecular flexibility index (Phi) is 5.67. The first-order valence-electron chi connectivity index (χ1n) is 7.11. The molecule has 0 radical (unpaired) electrons. The largest absolute Gasteiger partial charge is 0.386 e. The van der Waals surface area contributed by atoms with Gasteiger partial charge < -0.3 is 15.3 Å². The average molecular weight is 345 g/mol. The number of hydrogen-bond acceptors (Lipinski definition) is 3. The van der Waals surface area contributed by atoms with Gasteiger partial charge in [0.2, 0.25) is 11.8 Å². The number of hydrogen-bond donors (Lipinski definition) is 2. The highest BCUT2D eigenvalue weighted by Crippen LogP contribution is 2.30. The summed E-state index contributed by atoms with van der Waals surface area (Å²) in [6.07, 6.45) is -0.785. The molecule has 1 aromatic rings. The Balaban J connectivity index is 1.93. The number of likely N-dealkylation sites (tertiary alicyclic amines) is 1. The van der Waals surface area contributed by atoms with E-state index in [0.717, 1.165) is 0 Å². The molecule has 7 heteroatoms. The van der Waals surface area contributed by atoms with E-state index >= 15 is 0 Å². The fraction of sp³-hybridized carbons (Fsp3) is 0.467. The van der Waals surface area contributed by atoms with Gasteiger partial charge in [-0.25, -0.2) is 0 Å². The van der Waals surface area contributed by atoms with Crippen LogP contribution >= 0.6 is 23.2 Å². The van der Waals surface area contributed by atoms with Crippen molar-refractivity contribution < 1.29 is 14.7 Å². The lowest BCUT2D eigenvalue weighted by Gasteiger charge is -2.17. The zero-order chi connectivity index (χ0) is 16.3. The van der Waals surface area contributed by atoms with E-state index in [1.165, 1.54) is 0 Å². The molecule has 1 fully saturated rings. The van der Waals surface area contributed by atoms with Gasteiger partial charge in [0.25, 0.3) is 0 Å². The van der Waals surface area contributed by atoms with E-state index in [1.807, 2.05) is 6.92 Å². The lowest BCUT2D eigenvalue weighted by molar-refractivity contribution is -0.129. The maximum Gasteiger partial charge on any atom is 0.225 e. The van der Waals surface area contributed by atoms with Crippen molar-refractivity contribution in [2.45, 2.75) is 19.4 Å². The van der Waals surface area contributed by atoms with Gasteiger partial charge in [0, 0.05) is 41.7 Å². The zero-order valence-electron chi connectivity index (χ0n) is 12.2. The summed E-state index contributed by atoms with van der Waals surface area (Å²) in [5, 5.41) is 13.5. The molecule has 0 spiro atoms. The molecule has 2 rings (SSSR count). The SMILES string of the molecule is CCN1C[C@@H](C(=O)NC[C@H](O)c2c(Cl)cccc2Cl)CC1=O. The summed E-state index contributed by atoms with van der Waals surface area (Å²) in [4.78, 5) is 25.4. The molecule has 0 bridgehead atoms. The highest BCUT2D eigenvalue weighted by atomic mass is 35.5. The number of halogens is 2. The first-order valence-corrected chi connectivity index (χ1v) is 7.87. The minimum Gasteiger partial charge on any atom is -0.386 e. The van der Waals surface area contributed by atoms with Gasteiger partial charge in [-0.15, -0.1) is 0 Å². The van der Waals surface area contributed by atoms with Crippen LogP contribution in [0.25, 0.3) is 0 Å². The van der Waals surface area contributed by atoms with Gasteiger partial charge in [-0.3, -0.25) is 9.59 Å². The Bertz CT molecular complexity index is 560. The zero-order valence-corrected chi connectivity index (χ0v) is 13.7. The fourth-order valence-electron chi connectivity index (χ4n) is 2.53. The second-order valence-corrected chi connectivity index (χ2v) is 6.04. The van der Waals surface area contributed by atoms with Gasteiger partial charge in [-0.05, 0) is 19.1 Å². The Morgan fingerprint density at radius 1 is 1.45 bits per heavy atom. The minimum atomic E-state index is -0.996. The number of rotatable bonds is 5. The van der Waals surface area contributed by atoms with Crippen molar-refractivity contribution >= 4 is 35.0 Å². The van der Waals surface area contributed by atoms with Crippen molar-refractivity contribution in [1.82, 2.24) is 10.2 Å². The third-order valence-electron chi connectivity index (χ3n) is 3.77. The first kappa shape index (κ1) is 17.1. The number of amides is 2. The molecule has 2 N–H and O–H groups in total. The van der Waals surface area contributed by atoms with Gasteiger partial charge in [-0.2, -0.15) is 0 Å². The number of nitrogens with one attached hydrogen (secondary N) is 1. The molecule has 1 aliphatic rings. The van der Waals surface area contributed by atoms with Crippen molar-refractivity contribution in [3.05, 3.63) is 33.8 Å². The summed E-state index contributed by atoms with van der Waals surface area (Å²) in [5.41, 5.74) is 0.392. The third kappa shape index (κ3) is 3.72. The molecule has 22 heavy (non-hydrogen) atoms. The quantitative estimate of drug-likeness (QED) is 0.858. The number of aliphatic hydroxyl groups excluding tert-OH is 1. The smallest absolute Gasteiger partial charge is 0.225 e. The molecule has 0 aliphatic carbocycles. The second-order valence-electron chi connectivity index (χ2n) is 5.23. The van der Waals surface area contributed by atoms with Crippen molar-refractivity contribution in [3.63, 3.8) is 0 Å². The molecule has 0 saturated carbocycles. The van der Waals surface area contributed by atoms with Gasteiger partial charge in [0.1, 0.15) is 0 Å². The van der Waals surface area contributed by atoms with Crippen molar-refractivity contribution in [1.29, 1.82) is 0 Å². The second kappa shape index (κ2) is 7.31. The number of nitrogens with zero attached hydrogens (tertiary/aromatic N) is 1. The predicted molar refractivity (Wildman–Crippen MR) is 84.8 cm³/mol. The Labute approximate surface area is 139 Å². The Hall–Kier alpha value is -1.30. The van der Waals surface area contributed by atoms with Crippen molar-refractivity contribution in [2.75, 3.05) is 19.6 Å². The summed E-state index contributed by atoms with van der Waals surface area (Å²) in [5.74, 6) is -0.634. The summed E-state index contributed by atoms with van der Waals surface area (Å²) in [6.45, 7) is 2.89. The molecule has 5 nitrogen and oxygen atoms in total. The average Bonchev–Trinajstić information content (AvgIpc) is 2.85. The number of aliphatic hydroxyl groups is 1. The number of carbonyl (C=O) groups excluding carboxylic acids is 2. The highest BCUT2D eigenvalue weighted by Gasteiger charge is 2.33. The molecule has 1 heterocycles. The summed E-state index contributed by atoms with van der Waals surface area (Å²) >= 11 is 12.0. The third-order valence-corrected chi connectivity index (χ3v) is 4.43. The van der Waals surface area contributed by atoms with Crippen LogP contribution in [0, 0.1) is 5.92 Å². The van der Waals surface area contributed by atoms with E-state index in [2.05, 4.69) is 5.32 Å². The molecular weight excluding hydrogens is 327 g/mol. The van der Waals surface area contributed by atoms with Crippen LogP contribution in [0.1, 0.15) is 25.0 Å². The Morgan fingerprint density at radius 3 is 2.64 bits per heavy atom. The molecule has 2 atom stereocenters. The van der Waals surface area contributed by atoms with Gasteiger partial charge in [0.15, 0.2) is 0 Å². The van der Waals surface area contributed by atoms with Gasteiger partial charge >= 0.3 is 0 Å². The first-order chi connectivity index (χ1) is 10.4. The van der Waals surface area contributed by atoms with Crippen LogP contribution in [-0.2, 0) is 9.59 Å². The monoisotopic (exact) mass is 344 g/mol. The van der Waals surface area contributed by atoms with Crippen LogP contribution in [0.5, 0.6) is 0 Å². The van der Waals surface area contributed by atoms with E-state index in [9.17, 15) is 14.7 Å². The maximum atomic E-state index is 12.1. The summed E-state index contributed by atoms with van der Waals surface area (Å²) in [7, 11) is 0. The molecule has 0 unspecified atom stereocenters. The molecule has 120 valence electrons. The summed E-state index contributed by atoms with van der Waals surface area (Å²) < 4.78 is 0. The number of benzene rings is 1. The number of carbonyl (C=O) groups is 2. The molecule has 1 aromatic carbocycles. The van der Waals surface area contributed by atoms with Crippen LogP contribution in [0.4, 0.5) is 0 Å². The van der Waals surface area contributed by atoms with Crippen LogP contribution < -0.4 is 5.32 Å². The van der Waals surface area contributed by atoms with Crippen LogP contribution in [0.2, 0.25) is 10.0 Å². The minimum absolute atomic E-state index is 0.000891. The molecule has 0 aromatic heterocycles. The van der Waals surface area contributed by atoms with Crippen molar-refractivity contribution in [3.8, 4) is 0 Å². The van der Waals surface area contributed by atoms with Gasteiger partial charge in [-0.1, -0.05) is 29.3 Å². The van der Waals surface area contributed by atoms with Gasteiger partial charge in [0.05, 0.1) is 12.0 Å². The van der Waals surface area contributed by atoms with E-state index in [-0.39, 0.29) is 30.7 Å². The van der Waals surface area contributed by atoms with Crippen LogP contribution in [-0.4, -0.2) is 41.5 Å². The highest BCUT2D eigenvalue weighted by molar-refractivity contribution is 6.36. The van der Waals surface area contributed by atoms with Crippen LogP contribution in [0.3, 0.4) is 0 Å². The molecular formula is C15H18Cl2N2O3. The standard InChI is InChI=1S/C15H18Cl2N2O3/c1-2-19-8-9(6-13(19)21)15(22)18-7-12(20)14-10(16)4-3-5-11(14)17/h3-5,9,12,20H,2,6-8H2,1H3,(H,18,22)/t9-,12-/m0/s1. The van der Waals surface area contributed by atoms with E-state index in [4.69, 9.17) is 23.2 Å². The van der Waals surface area contributed by atoms with E-state index < -0.39 is 6.10 Å². The lowest BCUT2D eigenvalue weighted by atomic mass is 10.1. The fourth-order valence-corrected chi connectivity index (χ4v) is 3.18. The summed E-state index contributed by atoms with van der Waals surface area (Å²) in [6, 6.07) is 4.94. The van der Waals surface area contributed by atoms with E-state index in [1.54, 1.807) is 23.1 Å². The Morgan fingerprint density at radius 2 is 2.09 bits per heavy atom. The molecule has 1 aliphatic heterocycles. The predicted octanol–water partition coefficient (Wildman–Crippen LogP) is 2.01. The molecule has 2 amide bonds. The maximum absolute atomic E-state index is 12.1.